The third kappa shape index (κ3) is 3.31. The molecule has 1 heterocycles. The smallest absolute Gasteiger partial charge is 0.271 e. The number of fused-ring (bicyclic) bond motifs is 1. The molecule has 1 N–H and O–H groups in total. The SMILES string of the molecule is C=CCN(Cc1ccc(C#N)cc1)C(=O)c1[nH]c2c(c1C)C(=O)CCC2. The van der Waals surface area contributed by atoms with Gasteiger partial charge in [0.25, 0.3) is 5.91 Å². The van der Waals surface area contributed by atoms with E-state index in [1.165, 1.54) is 0 Å². The summed E-state index contributed by atoms with van der Waals surface area (Å²) in [5.41, 5.74) is 4.31. The van der Waals surface area contributed by atoms with Gasteiger partial charge in [0, 0.05) is 30.8 Å². The van der Waals surface area contributed by atoms with Crippen LogP contribution in [0.2, 0.25) is 0 Å². The summed E-state index contributed by atoms with van der Waals surface area (Å²) in [6.07, 6.45) is 3.85. The van der Waals surface area contributed by atoms with Gasteiger partial charge in [-0.25, -0.2) is 0 Å². The zero-order valence-electron chi connectivity index (χ0n) is 14.8. The van der Waals surface area contributed by atoms with E-state index in [4.69, 9.17) is 5.26 Å². The van der Waals surface area contributed by atoms with Gasteiger partial charge in [-0.1, -0.05) is 18.2 Å². The van der Waals surface area contributed by atoms with Gasteiger partial charge in [-0.15, -0.1) is 6.58 Å². The highest BCUT2D eigenvalue weighted by Crippen LogP contribution is 2.27. The number of hydrogen-bond donors (Lipinski definition) is 1. The van der Waals surface area contributed by atoms with E-state index in [0.29, 0.717) is 36.3 Å². The van der Waals surface area contributed by atoms with Crippen LogP contribution in [-0.2, 0) is 13.0 Å². The normalized spacial score (nSPS) is 13.0. The number of carbonyl (C=O) groups excluding carboxylic acids is 2. The molecule has 1 amide bonds. The molecular formula is C21H21N3O2. The van der Waals surface area contributed by atoms with E-state index >= 15 is 0 Å². The lowest BCUT2D eigenvalue weighted by molar-refractivity contribution is 0.0756. The second-order valence-electron chi connectivity index (χ2n) is 6.54. The summed E-state index contributed by atoms with van der Waals surface area (Å²) in [7, 11) is 0. The van der Waals surface area contributed by atoms with Crippen molar-refractivity contribution in [1.29, 1.82) is 5.26 Å². The molecule has 5 nitrogen and oxygen atoms in total. The number of aryl methyl sites for hydroxylation is 1. The first kappa shape index (κ1) is 17.7. The molecule has 0 bridgehead atoms. The molecule has 0 unspecified atom stereocenters. The van der Waals surface area contributed by atoms with Crippen molar-refractivity contribution in [3.05, 3.63) is 70.6 Å². The number of carbonyl (C=O) groups is 2. The molecular weight excluding hydrogens is 326 g/mol. The number of aromatic amines is 1. The van der Waals surface area contributed by atoms with E-state index in [0.717, 1.165) is 29.7 Å². The number of nitrogens with one attached hydrogen (secondary N) is 1. The summed E-state index contributed by atoms with van der Waals surface area (Å²) >= 11 is 0. The summed E-state index contributed by atoms with van der Waals surface area (Å²) in [4.78, 5) is 30.2. The third-order valence-electron chi connectivity index (χ3n) is 4.74. The maximum Gasteiger partial charge on any atom is 0.271 e. The standard InChI is InChI=1S/C21H21N3O2/c1-3-11-24(13-16-9-7-15(12-22)8-10-16)21(26)20-14(2)19-17(23-20)5-4-6-18(19)25/h3,7-10,23H,1,4-6,11,13H2,2H3. The minimum atomic E-state index is -0.144. The van der Waals surface area contributed by atoms with E-state index in [2.05, 4.69) is 17.6 Å². The van der Waals surface area contributed by atoms with E-state index < -0.39 is 0 Å². The van der Waals surface area contributed by atoms with E-state index in [-0.39, 0.29) is 11.7 Å². The lowest BCUT2D eigenvalue weighted by Gasteiger charge is -2.21. The van der Waals surface area contributed by atoms with Gasteiger partial charge in [0.05, 0.1) is 11.6 Å². The number of Topliss-reactive ketones (excluding diaryl/α,β-unsaturated/α-hetero) is 1. The number of nitrogens with zero attached hydrogens (tertiary/aromatic N) is 2. The molecule has 3 rings (SSSR count). The van der Waals surface area contributed by atoms with Crippen LogP contribution in [0, 0.1) is 18.3 Å². The highest BCUT2D eigenvalue weighted by molar-refractivity contribution is 6.04. The largest absolute Gasteiger partial charge is 0.354 e. The third-order valence-corrected chi connectivity index (χ3v) is 4.74. The average Bonchev–Trinajstić information content (AvgIpc) is 2.99. The summed E-state index contributed by atoms with van der Waals surface area (Å²) < 4.78 is 0. The van der Waals surface area contributed by atoms with Crippen LogP contribution in [0.3, 0.4) is 0 Å². The predicted molar refractivity (Wildman–Crippen MR) is 98.9 cm³/mol. The number of ketones is 1. The molecule has 0 aliphatic heterocycles. The Balaban J connectivity index is 1.88. The van der Waals surface area contributed by atoms with Crippen molar-refractivity contribution in [2.24, 2.45) is 0 Å². The molecule has 5 heteroatoms. The summed E-state index contributed by atoms with van der Waals surface area (Å²) in [5, 5.41) is 8.90. The maximum atomic E-state index is 13.1. The molecule has 2 aromatic rings. The van der Waals surface area contributed by atoms with Crippen molar-refractivity contribution in [3.8, 4) is 6.07 Å². The fourth-order valence-corrected chi connectivity index (χ4v) is 3.43. The predicted octanol–water partition coefficient (Wildman–Crippen LogP) is 3.54. The Bertz CT molecular complexity index is 901. The van der Waals surface area contributed by atoms with Crippen molar-refractivity contribution in [2.75, 3.05) is 6.54 Å². The second-order valence-corrected chi connectivity index (χ2v) is 6.54. The summed E-state index contributed by atoms with van der Waals surface area (Å²) in [5.74, 6) is -0.0321. The van der Waals surface area contributed by atoms with Crippen LogP contribution in [0.5, 0.6) is 0 Å². The van der Waals surface area contributed by atoms with Crippen molar-refractivity contribution < 1.29 is 9.59 Å². The lowest BCUT2D eigenvalue weighted by Crippen LogP contribution is -2.31. The molecule has 0 atom stereocenters. The Hall–Kier alpha value is -3.13. The summed E-state index contributed by atoms with van der Waals surface area (Å²) in [6, 6.07) is 9.26. The van der Waals surface area contributed by atoms with E-state index in [1.54, 1.807) is 23.1 Å². The molecule has 0 radical (unpaired) electrons. The van der Waals surface area contributed by atoms with Crippen LogP contribution in [0.25, 0.3) is 0 Å². The average molecular weight is 347 g/mol. The van der Waals surface area contributed by atoms with Crippen LogP contribution in [0.1, 0.15) is 56.1 Å². The van der Waals surface area contributed by atoms with Crippen LogP contribution in [-0.4, -0.2) is 28.1 Å². The number of hydrogen-bond acceptors (Lipinski definition) is 3. The fourth-order valence-electron chi connectivity index (χ4n) is 3.43. The van der Waals surface area contributed by atoms with Crippen molar-refractivity contribution in [1.82, 2.24) is 9.88 Å². The van der Waals surface area contributed by atoms with Gasteiger partial charge < -0.3 is 9.88 Å². The molecule has 26 heavy (non-hydrogen) atoms. The molecule has 132 valence electrons. The van der Waals surface area contributed by atoms with Gasteiger partial charge in [-0.2, -0.15) is 5.26 Å². The Kier molecular flexibility index (Phi) is 5.04. The van der Waals surface area contributed by atoms with Gasteiger partial charge >= 0.3 is 0 Å². The first-order valence-corrected chi connectivity index (χ1v) is 8.69. The maximum absolute atomic E-state index is 13.1. The first-order chi connectivity index (χ1) is 12.5. The highest BCUT2D eigenvalue weighted by Gasteiger charge is 2.28. The van der Waals surface area contributed by atoms with Gasteiger partial charge in [-0.3, -0.25) is 9.59 Å². The molecule has 0 saturated carbocycles. The number of amides is 1. The molecule has 1 aliphatic carbocycles. The second kappa shape index (κ2) is 7.40. The monoisotopic (exact) mass is 347 g/mol. The Labute approximate surface area is 152 Å². The molecule has 1 aliphatic rings. The number of benzene rings is 1. The molecule has 1 aromatic heterocycles. The Morgan fingerprint density at radius 3 is 2.69 bits per heavy atom. The quantitative estimate of drug-likeness (QED) is 0.840. The van der Waals surface area contributed by atoms with Crippen LogP contribution in [0.4, 0.5) is 0 Å². The van der Waals surface area contributed by atoms with Crippen LogP contribution >= 0.6 is 0 Å². The van der Waals surface area contributed by atoms with Crippen molar-refractivity contribution in [2.45, 2.75) is 32.7 Å². The number of rotatable bonds is 5. The molecule has 0 spiro atoms. The fraction of sp³-hybridized carbons (Fsp3) is 0.286. The van der Waals surface area contributed by atoms with Crippen LogP contribution in [0.15, 0.2) is 36.9 Å². The molecule has 0 saturated heterocycles. The van der Waals surface area contributed by atoms with Gasteiger partial charge in [0.15, 0.2) is 5.78 Å². The van der Waals surface area contributed by atoms with E-state index in [9.17, 15) is 9.59 Å². The lowest BCUT2D eigenvalue weighted by atomic mass is 9.93. The van der Waals surface area contributed by atoms with Crippen LogP contribution < -0.4 is 0 Å². The minimum absolute atomic E-state index is 0.112. The Morgan fingerprint density at radius 1 is 1.35 bits per heavy atom. The van der Waals surface area contributed by atoms with Crippen molar-refractivity contribution >= 4 is 11.7 Å². The molecule has 0 fully saturated rings. The zero-order valence-corrected chi connectivity index (χ0v) is 14.8. The van der Waals surface area contributed by atoms with Gasteiger partial charge in [0.2, 0.25) is 0 Å². The zero-order chi connectivity index (χ0) is 18.7. The van der Waals surface area contributed by atoms with Gasteiger partial charge in [0.1, 0.15) is 5.69 Å². The van der Waals surface area contributed by atoms with E-state index in [1.807, 2.05) is 19.1 Å². The number of nitriles is 1. The topological polar surface area (TPSA) is 77.0 Å². The van der Waals surface area contributed by atoms with Gasteiger partial charge in [-0.05, 0) is 43.0 Å². The highest BCUT2D eigenvalue weighted by atomic mass is 16.2. The molecule has 1 aromatic carbocycles. The Morgan fingerprint density at radius 2 is 2.08 bits per heavy atom. The van der Waals surface area contributed by atoms with Crippen molar-refractivity contribution in [3.63, 3.8) is 0 Å². The number of aromatic nitrogens is 1. The summed E-state index contributed by atoms with van der Waals surface area (Å²) in [6.45, 7) is 6.39. The first-order valence-electron chi connectivity index (χ1n) is 8.69. The minimum Gasteiger partial charge on any atom is -0.354 e. The number of H-pyrrole nitrogens is 1.